The smallest absolute Gasteiger partial charge is 0.274 e. The van der Waals surface area contributed by atoms with Crippen LogP contribution in [-0.2, 0) is 0 Å². The Morgan fingerprint density at radius 3 is 2.80 bits per heavy atom. The molecule has 0 unspecified atom stereocenters. The molecule has 1 amide bonds. The number of carbonyl (C=O) groups excluding carboxylic acids is 1. The van der Waals surface area contributed by atoms with Gasteiger partial charge in [-0.05, 0) is 43.7 Å². The van der Waals surface area contributed by atoms with Crippen LogP contribution < -0.4 is 4.74 Å². The number of halogens is 1. The lowest BCUT2D eigenvalue weighted by molar-refractivity contribution is -0.0804. The first-order valence-electron chi connectivity index (χ1n) is 10.1. The minimum absolute atomic E-state index is 0.00372. The number of aryl methyl sites for hydroxylation is 1. The molecule has 3 aliphatic rings. The van der Waals surface area contributed by atoms with Gasteiger partial charge in [0.2, 0.25) is 5.88 Å². The summed E-state index contributed by atoms with van der Waals surface area (Å²) in [7, 11) is 0. The maximum absolute atomic E-state index is 13.7. The molecular formula is C23H22ClN3O2S. The van der Waals surface area contributed by atoms with Crippen LogP contribution in [0.5, 0.6) is 5.88 Å². The highest BCUT2D eigenvalue weighted by Crippen LogP contribution is 2.50. The second-order valence-corrected chi connectivity index (χ2v) is 9.76. The number of benzene rings is 1. The Balaban J connectivity index is 1.41. The molecule has 4 heterocycles. The third-order valence-corrected chi connectivity index (χ3v) is 7.32. The zero-order valence-electron chi connectivity index (χ0n) is 16.7. The van der Waals surface area contributed by atoms with E-state index in [1.807, 2.05) is 42.2 Å². The summed E-state index contributed by atoms with van der Waals surface area (Å²) in [5, 5.41) is 1.47. The number of ether oxygens (including phenoxy) is 1. The Morgan fingerprint density at radius 1 is 1.27 bits per heavy atom. The predicted octanol–water partition coefficient (Wildman–Crippen LogP) is 5.24. The first-order chi connectivity index (χ1) is 14.5. The molecule has 0 radical (unpaired) electrons. The molecule has 0 N–H and O–H groups in total. The largest absolute Gasteiger partial charge is 0.475 e. The average Bonchev–Trinajstić information content (AvgIpc) is 3.14. The van der Waals surface area contributed by atoms with Gasteiger partial charge in [0, 0.05) is 18.8 Å². The van der Waals surface area contributed by atoms with Gasteiger partial charge in [-0.2, -0.15) is 0 Å². The molecule has 2 saturated heterocycles. The Kier molecular flexibility index (Phi) is 4.99. The number of pyridine rings is 1. The summed E-state index contributed by atoms with van der Waals surface area (Å²) in [4.78, 5) is 25.5. The fourth-order valence-corrected chi connectivity index (χ4v) is 5.67. The predicted molar refractivity (Wildman–Crippen MR) is 118 cm³/mol. The lowest BCUT2D eigenvalue weighted by Gasteiger charge is -2.58. The highest BCUT2D eigenvalue weighted by atomic mass is 35.5. The fourth-order valence-electron chi connectivity index (χ4n) is 4.64. The second kappa shape index (κ2) is 7.67. The van der Waals surface area contributed by atoms with Crippen molar-refractivity contribution < 1.29 is 9.53 Å². The van der Waals surface area contributed by atoms with Crippen LogP contribution >= 0.6 is 22.9 Å². The molecule has 1 aliphatic carbocycles. The molecule has 0 atom stereocenters. The van der Waals surface area contributed by atoms with Crippen LogP contribution in [-0.4, -0.2) is 39.5 Å². The highest BCUT2D eigenvalue weighted by Gasteiger charge is 2.55. The lowest BCUT2D eigenvalue weighted by atomic mass is 9.63. The molecule has 2 bridgehead atoms. The molecule has 154 valence electrons. The molecule has 2 aliphatic heterocycles. The van der Waals surface area contributed by atoms with Crippen molar-refractivity contribution in [2.75, 3.05) is 13.2 Å². The number of rotatable bonds is 5. The molecule has 1 aromatic carbocycles. The van der Waals surface area contributed by atoms with E-state index in [0.29, 0.717) is 29.1 Å². The molecule has 30 heavy (non-hydrogen) atoms. The summed E-state index contributed by atoms with van der Waals surface area (Å²) in [6.07, 6.45) is 4.55. The molecule has 5 nitrogen and oxygen atoms in total. The van der Waals surface area contributed by atoms with Gasteiger partial charge in [0.25, 0.3) is 5.91 Å². The molecule has 6 rings (SSSR count). The van der Waals surface area contributed by atoms with Gasteiger partial charge in [-0.25, -0.2) is 9.97 Å². The van der Waals surface area contributed by atoms with Crippen molar-refractivity contribution in [1.82, 2.24) is 14.9 Å². The van der Waals surface area contributed by atoms with Crippen LogP contribution in [0.1, 0.15) is 34.8 Å². The van der Waals surface area contributed by atoms with E-state index in [1.54, 1.807) is 29.7 Å². The van der Waals surface area contributed by atoms with Crippen LogP contribution in [0.15, 0.2) is 48.7 Å². The highest BCUT2D eigenvalue weighted by molar-refractivity contribution is 7.15. The summed E-state index contributed by atoms with van der Waals surface area (Å²) >= 11 is 7.49. The maximum atomic E-state index is 13.7. The normalized spacial score (nSPS) is 22.5. The zero-order chi connectivity index (χ0) is 20.7. The minimum atomic E-state index is -0.285. The van der Waals surface area contributed by atoms with Gasteiger partial charge in [-0.15, -0.1) is 11.3 Å². The van der Waals surface area contributed by atoms with E-state index < -0.39 is 0 Å². The average molecular weight is 440 g/mol. The van der Waals surface area contributed by atoms with E-state index in [-0.39, 0.29) is 11.4 Å². The number of aromatic nitrogens is 2. The Morgan fingerprint density at radius 2 is 2.07 bits per heavy atom. The van der Waals surface area contributed by atoms with Crippen molar-refractivity contribution in [2.24, 2.45) is 5.92 Å². The van der Waals surface area contributed by atoms with Gasteiger partial charge >= 0.3 is 0 Å². The van der Waals surface area contributed by atoms with Crippen LogP contribution in [0.4, 0.5) is 0 Å². The van der Waals surface area contributed by atoms with E-state index in [4.69, 9.17) is 16.3 Å². The standard InChI is InChI=1S/C23H22ClN3O2S/c1-15-26-20(21(30-15)17-5-3-2-4-6-17)22(28)27-10-9-16-11-23(27,12-16)14-29-19-8-7-18(24)13-25-19/h2-8,13,16H,9-12,14H2,1H3. The quantitative estimate of drug-likeness (QED) is 0.545. The Hall–Kier alpha value is -2.44. The van der Waals surface area contributed by atoms with E-state index in [2.05, 4.69) is 9.97 Å². The zero-order valence-corrected chi connectivity index (χ0v) is 18.2. The van der Waals surface area contributed by atoms with E-state index in [1.165, 1.54) is 0 Å². The minimum Gasteiger partial charge on any atom is -0.475 e. The first-order valence-corrected chi connectivity index (χ1v) is 11.3. The van der Waals surface area contributed by atoms with E-state index >= 15 is 0 Å². The molecule has 7 heteroatoms. The van der Waals surface area contributed by atoms with E-state index in [9.17, 15) is 4.79 Å². The number of hydrogen-bond acceptors (Lipinski definition) is 5. The van der Waals surface area contributed by atoms with Crippen molar-refractivity contribution >= 4 is 28.8 Å². The van der Waals surface area contributed by atoms with Crippen LogP contribution in [0, 0.1) is 12.8 Å². The molecule has 1 saturated carbocycles. The second-order valence-electron chi connectivity index (χ2n) is 8.12. The summed E-state index contributed by atoms with van der Waals surface area (Å²) in [6, 6.07) is 13.6. The van der Waals surface area contributed by atoms with Crippen molar-refractivity contribution in [3.63, 3.8) is 0 Å². The SMILES string of the molecule is Cc1nc(C(=O)N2CCC3CC2(COc2ccc(Cl)cn2)C3)c(-c2ccccc2)s1. The summed E-state index contributed by atoms with van der Waals surface area (Å²) in [5.74, 6) is 1.20. The first kappa shape index (κ1) is 19.5. The van der Waals surface area contributed by atoms with Crippen LogP contribution in [0.3, 0.4) is 0 Å². The van der Waals surface area contributed by atoms with Gasteiger partial charge < -0.3 is 9.64 Å². The van der Waals surface area contributed by atoms with Gasteiger partial charge in [0.1, 0.15) is 12.3 Å². The fraction of sp³-hybridized carbons (Fsp3) is 0.348. The summed E-state index contributed by atoms with van der Waals surface area (Å²) in [6.45, 7) is 3.13. The van der Waals surface area contributed by atoms with Gasteiger partial charge in [0.05, 0.1) is 20.4 Å². The lowest BCUT2D eigenvalue weighted by Crippen LogP contribution is -2.67. The third kappa shape index (κ3) is 3.48. The number of fused-ring (bicyclic) bond motifs is 2. The number of thiazole rings is 1. The Bertz CT molecular complexity index is 1060. The van der Waals surface area contributed by atoms with Crippen LogP contribution in [0.2, 0.25) is 5.02 Å². The maximum Gasteiger partial charge on any atom is 0.274 e. The molecular weight excluding hydrogens is 418 g/mol. The molecule has 3 aromatic rings. The summed E-state index contributed by atoms with van der Waals surface area (Å²) in [5.41, 5.74) is 1.30. The topological polar surface area (TPSA) is 55.3 Å². The van der Waals surface area contributed by atoms with Crippen molar-refractivity contribution in [1.29, 1.82) is 0 Å². The van der Waals surface area contributed by atoms with E-state index in [0.717, 1.165) is 41.3 Å². The van der Waals surface area contributed by atoms with Gasteiger partial charge in [-0.1, -0.05) is 41.9 Å². The van der Waals surface area contributed by atoms with Gasteiger partial charge in [0.15, 0.2) is 0 Å². The number of hydrogen-bond donors (Lipinski definition) is 0. The molecule has 2 aromatic heterocycles. The Labute approximate surface area is 184 Å². The van der Waals surface area contributed by atoms with Gasteiger partial charge in [-0.3, -0.25) is 4.79 Å². The number of nitrogens with zero attached hydrogens (tertiary/aromatic N) is 3. The molecule has 0 spiro atoms. The summed E-state index contributed by atoms with van der Waals surface area (Å²) < 4.78 is 6.00. The number of piperidine rings is 2. The monoisotopic (exact) mass is 439 g/mol. The van der Waals surface area contributed by atoms with Crippen molar-refractivity contribution in [3.8, 4) is 16.3 Å². The number of amides is 1. The third-order valence-electron chi connectivity index (χ3n) is 6.08. The molecule has 3 fully saturated rings. The van der Waals surface area contributed by atoms with Crippen molar-refractivity contribution in [2.45, 2.75) is 31.7 Å². The van der Waals surface area contributed by atoms with Crippen molar-refractivity contribution in [3.05, 3.63) is 64.4 Å². The van der Waals surface area contributed by atoms with Crippen LogP contribution in [0.25, 0.3) is 10.4 Å². The number of carbonyl (C=O) groups is 1.